The van der Waals surface area contributed by atoms with Crippen molar-refractivity contribution in [2.75, 3.05) is 0 Å². The van der Waals surface area contributed by atoms with E-state index in [9.17, 15) is 15.0 Å². The van der Waals surface area contributed by atoms with Crippen molar-refractivity contribution < 1.29 is 19.7 Å². The maximum absolute atomic E-state index is 12.6. The maximum Gasteiger partial charge on any atom is 0.170 e. The molecule has 0 saturated carbocycles. The van der Waals surface area contributed by atoms with Crippen LogP contribution in [-0.4, -0.2) is 33.0 Å². The average molecular weight is 266 g/mol. The zero-order valence-corrected chi connectivity index (χ0v) is 11.9. The Morgan fingerprint density at radius 2 is 2.05 bits per heavy atom. The molecular weight excluding hydrogens is 244 g/mol. The second kappa shape index (κ2) is 3.48. The molecule has 0 amide bonds. The number of ketones is 1. The molecule has 0 radical (unpaired) electrons. The van der Waals surface area contributed by atoms with E-state index < -0.39 is 17.0 Å². The lowest BCUT2D eigenvalue weighted by Crippen LogP contribution is -2.46. The molecular formula is C15H22O4. The lowest BCUT2D eigenvalue weighted by molar-refractivity contribution is -0.261. The van der Waals surface area contributed by atoms with E-state index in [4.69, 9.17) is 4.74 Å². The fourth-order valence-electron chi connectivity index (χ4n) is 4.08. The highest BCUT2D eigenvalue weighted by Gasteiger charge is 2.69. The number of rotatable bonds is 1. The van der Waals surface area contributed by atoms with Gasteiger partial charge >= 0.3 is 0 Å². The summed E-state index contributed by atoms with van der Waals surface area (Å²) in [5.41, 5.74) is -1.45. The molecule has 2 saturated heterocycles. The Kier molecular flexibility index (Phi) is 2.44. The van der Waals surface area contributed by atoms with Gasteiger partial charge in [-0.3, -0.25) is 4.79 Å². The smallest absolute Gasteiger partial charge is 0.170 e. The van der Waals surface area contributed by atoms with Crippen LogP contribution in [0.3, 0.4) is 0 Å². The van der Waals surface area contributed by atoms with Crippen molar-refractivity contribution in [2.24, 2.45) is 17.8 Å². The zero-order chi connectivity index (χ0) is 14.2. The van der Waals surface area contributed by atoms with E-state index in [2.05, 4.69) is 6.92 Å². The largest absolute Gasteiger partial charge is 0.386 e. The highest BCUT2D eigenvalue weighted by molar-refractivity contribution is 6.03. The first-order chi connectivity index (χ1) is 8.62. The molecule has 3 aliphatic rings. The summed E-state index contributed by atoms with van der Waals surface area (Å²) in [6.45, 7) is 7.18. The van der Waals surface area contributed by atoms with Crippen LogP contribution in [0.4, 0.5) is 0 Å². The van der Waals surface area contributed by atoms with Gasteiger partial charge in [-0.2, -0.15) is 0 Å². The fourth-order valence-corrected chi connectivity index (χ4v) is 4.08. The number of carbonyl (C=O) groups excluding carboxylic acids is 1. The lowest BCUT2D eigenvalue weighted by atomic mass is 9.76. The minimum atomic E-state index is -1.19. The van der Waals surface area contributed by atoms with Gasteiger partial charge in [-0.25, -0.2) is 0 Å². The first kappa shape index (κ1) is 13.3. The number of carbonyl (C=O) groups is 1. The van der Waals surface area contributed by atoms with Gasteiger partial charge in [0.05, 0.1) is 11.5 Å². The van der Waals surface area contributed by atoms with Crippen LogP contribution in [0.5, 0.6) is 0 Å². The van der Waals surface area contributed by atoms with Gasteiger partial charge in [0.1, 0.15) is 5.60 Å². The number of hydrogen-bond donors (Lipinski definition) is 2. The van der Waals surface area contributed by atoms with Gasteiger partial charge in [-0.15, -0.1) is 0 Å². The molecule has 0 aromatic rings. The minimum Gasteiger partial charge on any atom is -0.386 e. The van der Waals surface area contributed by atoms with Gasteiger partial charge in [-0.1, -0.05) is 13.8 Å². The molecule has 2 N–H and O–H groups in total. The molecule has 0 unspecified atom stereocenters. The van der Waals surface area contributed by atoms with Crippen molar-refractivity contribution >= 4 is 5.78 Å². The predicted octanol–water partition coefficient (Wildman–Crippen LogP) is 1.41. The summed E-state index contributed by atoms with van der Waals surface area (Å²) in [4.78, 5) is 12.6. The van der Waals surface area contributed by atoms with Gasteiger partial charge < -0.3 is 14.9 Å². The molecule has 5 atom stereocenters. The van der Waals surface area contributed by atoms with E-state index in [1.165, 1.54) is 0 Å². The van der Waals surface area contributed by atoms with Crippen LogP contribution in [-0.2, 0) is 9.53 Å². The highest BCUT2D eigenvalue weighted by Crippen LogP contribution is 2.60. The Hall–Kier alpha value is -0.710. The fraction of sp³-hybridized carbons (Fsp3) is 0.800. The Balaban J connectivity index is 2.14. The van der Waals surface area contributed by atoms with Crippen LogP contribution in [0.15, 0.2) is 11.6 Å². The number of Topliss-reactive ketones (excluding diaryl/α,β-unsaturated/α-hetero) is 1. The minimum absolute atomic E-state index is 0.0651. The molecule has 0 aromatic carbocycles. The molecule has 0 aromatic heterocycles. The molecule has 4 heteroatoms. The van der Waals surface area contributed by atoms with Gasteiger partial charge in [0, 0.05) is 17.9 Å². The van der Waals surface area contributed by atoms with E-state index in [-0.39, 0.29) is 23.5 Å². The first-order valence-electron chi connectivity index (χ1n) is 7.04. The lowest BCUT2D eigenvalue weighted by Gasteiger charge is -2.40. The molecule has 2 bridgehead atoms. The summed E-state index contributed by atoms with van der Waals surface area (Å²) in [6.07, 6.45) is 3.20. The standard InChI is InChI=1S/C15H22O4/c1-8-5-6-15(18)9(2)11-12(16)10(13(3,4)17)7-14(8,11)19-15/h7-9,11,17-18H,5-6H2,1-4H3/t8-,9+,11-,14-,15+/m1/s1. The third-order valence-electron chi connectivity index (χ3n) is 5.33. The molecule has 3 rings (SSSR count). The summed E-state index contributed by atoms with van der Waals surface area (Å²) in [5.74, 6) is -1.68. The van der Waals surface area contributed by atoms with Gasteiger partial charge in [-0.05, 0) is 32.3 Å². The number of aliphatic hydroxyl groups is 2. The molecule has 2 heterocycles. The van der Waals surface area contributed by atoms with Crippen LogP contribution < -0.4 is 0 Å². The number of hydrogen-bond acceptors (Lipinski definition) is 4. The van der Waals surface area contributed by atoms with E-state index >= 15 is 0 Å². The summed E-state index contributed by atoms with van der Waals surface area (Å²) in [6, 6.07) is 0. The van der Waals surface area contributed by atoms with Crippen molar-refractivity contribution in [1.82, 2.24) is 0 Å². The van der Waals surface area contributed by atoms with Gasteiger partial charge in [0.2, 0.25) is 0 Å². The molecule has 1 spiro atoms. The highest BCUT2D eigenvalue weighted by atomic mass is 16.6. The van der Waals surface area contributed by atoms with Crippen molar-refractivity contribution in [1.29, 1.82) is 0 Å². The third kappa shape index (κ3) is 1.48. The first-order valence-corrected chi connectivity index (χ1v) is 7.04. The summed E-state index contributed by atoms with van der Waals surface area (Å²) in [5, 5.41) is 20.7. The van der Waals surface area contributed by atoms with Gasteiger partial charge in [0.25, 0.3) is 0 Å². The van der Waals surface area contributed by atoms with Crippen LogP contribution in [0.25, 0.3) is 0 Å². The van der Waals surface area contributed by atoms with E-state index in [0.717, 1.165) is 6.42 Å². The van der Waals surface area contributed by atoms with Crippen molar-refractivity contribution in [3.05, 3.63) is 11.6 Å². The SMILES string of the molecule is C[C@@H]1CC[C@]2(O)O[C@]13C=C(C(C)(C)O)C(=O)[C@H]3[C@@H]2C. The van der Waals surface area contributed by atoms with Crippen LogP contribution in [0.2, 0.25) is 0 Å². The van der Waals surface area contributed by atoms with Crippen LogP contribution in [0, 0.1) is 17.8 Å². The third-order valence-corrected chi connectivity index (χ3v) is 5.33. The van der Waals surface area contributed by atoms with Crippen LogP contribution >= 0.6 is 0 Å². The monoisotopic (exact) mass is 266 g/mol. The topological polar surface area (TPSA) is 66.8 Å². The molecule has 2 fully saturated rings. The normalized spacial score (nSPS) is 49.3. The molecule has 106 valence electrons. The summed E-state index contributed by atoms with van der Waals surface area (Å²) >= 11 is 0. The quantitative estimate of drug-likeness (QED) is 0.753. The maximum atomic E-state index is 12.6. The van der Waals surface area contributed by atoms with Crippen molar-refractivity contribution in [3.63, 3.8) is 0 Å². The van der Waals surface area contributed by atoms with Crippen molar-refractivity contribution in [2.45, 2.75) is 57.5 Å². The Morgan fingerprint density at radius 3 is 2.63 bits per heavy atom. The Labute approximate surface area is 113 Å². The van der Waals surface area contributed by atoms with Crippen molar-refractivity contribution in [3.8, 4) is 0 Å². The molecule has 4 nitrogen and oxygen atoms in total. The average Bonchev–Trinajstić information content (AvgIpc) is 2.66. The second-order valence-corrected chi connectivity index (χ2v) is 6.99. The summed E-state index contributed by atoms with van der Waals surface area (Å²) in [7, 11) is 0. The number of fused-ring (bicyclic) bond motifs is 1. The van der Waals surface area contributed by atoms with E-state index in [0.29, 0.717) is 12.0 Å². The summed E-state index contributed by atoms with van der Waals surface area (Å²) < 4.78 is 5.96. The second-order valence-electron chi connectivity index (χ2n) is 6.99. The molecule has 2 aliphatic heterocycles. The van der Waals surface area contributed by atoms with Gasteiger partial charge in [0.15, 0.2) is 11.6 Å². The Morgan fingerprint density at radius 1 is 1.42 bits per heavy atom. The predicted molar refractivity (Wildman–Crippen MR) is 69.2 cm³/mol. The van der Waals surface area contributed by atoms with Crippen LogP contribution in [0.1, 0.15) is 40.5 Å². The van der Waals surface area contributed by atoms with E-state index in [1.54, 1.807) is 19.9 Å². The molecule has 19 heavy (non-hydrogen) atoms. The number of ether oxygens (including phenoxy) is 1. The zero-order valence-electron chi connectivity index (χ0n) is 11.9. The Bertz CT molecular complexity index is 475. The van der Waals surface area contributed by atoms with E-state index in [1.807, 2.05) is 6.92 Å². The molecule has 1 aliphatic carbocycles.